The molecule has 2 heterocycles. The van der Waals surface area contributed by atoms with E-state index in [2.05, 4.69) is 0 Å². The van der Waals surface area contributed by atoms with Crippen molar-refractivity contribution >= 4 is 5.97 Å². The van der Waals surface area contributed by atoms with Crippen LogP contribution >= 0.6 is 0 Å². The molecule has 12 heteroatoms. The molecule has 0 spiro atoms. The van der Waals surface area contributed by atoms with Crippen LogP contribution in [0.4, 0.5) is 0 Å². The molecule has 2 aromatic carbocycles. The molecule has 8 atom stereocenters. The number of hydrogen-bond acceptors (Lipinski definition) is 12. The normalized spacial score (nSPS) is 30.0. The third kappa shape index (κ3) is 5.23. The first-order valence-electron chi connectivity index (χ1n) is 12.0. The maximum absolute atomic E-state index is 12.3. The molecule has 0 saturated carbocycles. The second-order valence-electron chi connectivity index (χ2n) is 9.22. The number of aliphatic hydroxyl groups excluding tert-OH is 5. The Labute approximate surface area is 218 Å². The van der Waals surface area contributed by atoms with Crippen LogP contribution < -0.4 is 14.2 Å². The number of hydrogen-bond donors (Lipinski definition) is 6. The Morgan fingerprint density at radius 3 is 2.18 bits per heavy atom. The molecular weight excluding hydrogens is 504 g/mol. The molecule has 208 valence electrons. The van der Waals surface area contributed by atoms with E-state index in [4.69, 9.17) is 23.7 Å². The first-order chi connectivity index (χ1) is 18.2. The highest BCUT2D eigenvalue weighted by molar-refractivity contribution is 5.75. The second-order valence-corrected chi connectivity index (χ2v) is 9.22. The monoisotopic (exact) mass is 536 g/mol. The zero-order valence-corrected chi connectivity index (χ0v) is 20.8. The lowest BCUT2D eigenvalue weighted by Gasteiger charge is -2.39. The average Bonchev–Trinajstić information content (AvgIpc) is 3.30. The molecule has 38 heavy (non-hydrogen) atoms. The van der Waals surface area contributed by atoms with Gasteiger partial charge in [-0.05, 0) is 35.4 Å². The van der Waals surface area contributed by atoms with Gasteiger partial charge in [-0.2, -0.15) is 0 Å². The lowest BCUT2D eigenvalue weighted by Crippen LogP contribution is -2.60. The molecule has 0 aromatic heterocycles. The molecule has 2 saturated heterocycles. The number of phenols is 1. The Morgan fingerprint density at radius 2 is 1.55 bits per heavy atom. The summed E-state index contributed by atoms with van der Waals surface area (Å²) in [5.74, 6) is -1.71. The minimum atomic E-state index is -1.61. The highest BCUT2D eigenvalue weighted by atomic mass is 16.7. The smallest absolute Gasteiger partial charge is 0.311 e. The van der Waals surface area contributed by atoms with Gasteiger partial charge >= 0.3 is 5.97 Å². The van der Waals surface area contributed by atoms with Gasteiger partial charge in [0, 0.05) is 11.8 Å². The first-order valence-corrected chi connectivity index (χ1v) is 12.0. The standard InChI is InChI=1S/C26H32O12/c1-34-18-7-12(3-5-16(18)29)21(15-11-36-25(33)14(15)9-27)13-4-6-17(19(8-13)35-2)37-26-24(32)23(31)22(30)20(10-28)38-26/h3-8,14-15,20-24,26-32H,9-11H2,1-2H3/t14-,15-,20-,21+,22-,23+,24-,26-/m1/s1. The molecule has 2 aliphatic heterocycles. The number of esters is 1. The number of carbonyl (C=O) groups is 1. The number of carbonyl (C=O) groups excluding carboxylic acids is 1. The van der Waals surface area contributed by atoms with Crippen molar-refractivity contribution in [3.05, 3.63) is 47.5 Å². The van der Waals surface area contributed by atoms with Crippen LogP contribution in [0.5, 0.6) is 23.0 Å². The van der Waals surface area contributed by atoms with Crippen molar-refractivity contribution in [1.82, 2.24) is 0 Å². The lowest BCUT2D eigenvalue weighted by atomic mass is 9.75. The van der Waals surface area contributed by atoms with E-state index in [0.717, 1.165) is 0 Å². The van der Waals surface area contributed by atoms with Crippen molar-refractivity contribution in [2.75, 3.05) is 34.0 Å². The number of aliphatic hydroxyl groups is 5. The summed E-state index contributed by atoms with van der Waals surface area (Å²) in [6, 6.07) is 9.70. The number of benzene rings is 2. The topological polar surface area (TPSA) is 185 Å². The van der Waals surface area contributed by atoms with Gasteiger partial charge in [0.15, 0.2) is 23.0 Å². The molecule has 12 nitrogen and oxygen atoms in total. The van der Waals surface area contributed by atoms with Crippen molar-refractivity contribution < 1.29 is 59.1 Å². The number of cyclic esters (lactones) is 1. The Balaban J connectivity index is 1.71. The van der Waals surface area contributed by atoms with Gasteiger partial charge < -0.3 is 54.3 Å². The largest absolute Gasteiger partial charge is 0.504 e. The van der Waals surface area contributed by atoms with E-state index in [1.807, 2.05) is 0 Å². The lowest BCUT2D eigenvalue weighted by molar-refractivity contribution is -0.277. The Morgan fingerprint density at radius 1 is 0.895 bits per heavy atom. The van der Waals surface area contributed by atoms with Gasteiger partial charge in [0.2, 0.25) is 6.29 Å². The predicted octanol–water partition coefficient (Wildman–Crippen LogP) is -0.499. The van der Waals surface area contributed by atoms with E-state index in [9.17, 15) is 35.4 Å². The van der Waals surface area contributed by atoms with Crippen molar-refractivity contribution in [1.29, 1.82) is 0 Å². The van der Waals surface area contributed by atoms with Crippen LogP contribution in [0.15, 0.2) is 36.4 Å². The zero-order valence-electron chi connectivity index (χ0n) is 20.8. The molecule has 2 fully saturated rings. The maximum atomic E-state index is 12.3. The summed E-state index contributed by atoms with van der Waals surface area (Å²) in [7, 11) is 2.82. The summed E-state index contributed by atoms with van der Waals surface area (Å²) in [5.41, 5.74) is 1.35. The van der Waals surface area contributed by atoms with Crippen LogP contribution in [0.2, 0.25) is 0 Å². The number of ether oxygens (including phenoxy) is 5. The SMILES string of the molecule is COc1cc([C@@H](c2ccc(O[C@@H]3O[C@H](CO)[C@@H](O)[C@H](O)[C@H]3O)c(OC)c2)[C@@H]2COC(=O)[C@@H]2CO)ccc1O. The molecule has 2 aliphatic rings. The number of rotatable bonds is 9. The van der Waals surface area contributed by atoms with Crippen molar-refractivity contribution in [3.8, 4) is 23.0 Å². The summed E-state index contributed by atoms with van der Waals surface area (Å²) in [6.07, 6.45) is -7.31. The van der Waals surface area contributed by atoms with Crippen molar-refractivity contribution in [3.63, 3.8) is 0 Å². The first kappa shape index (κ1) is 27.9. The van der Waals surface area contributed by atoms with Crippen LogP contribution in [0.1, 0.15) is 17.0 Å². The summed E-state index contributed by atoms with van der Waals surface area (Å²) >= 11 is 0. The van der Waals surface area contributed by atoms with Crippen LogP contribution in [0.25, 0.3) is 0 Å². The second kappa shape index (κ2) is 11.7. The van der Waals surface area contributed by atoms with E-state index in [-0.39, 0.29) is 29.6 Å². The molecule has 0 unspecified atom stereocenters. The third-order valence-electron chi connectivity index (χ3n) is 7.06. The fraction of sp³-hybridized carbons (Fsp3) is 0.500. The molecule has 4 rings (SSSR count). The predicted molar refractivity (Wildman–Crippen MR) is 129 cm³/mol. The Hall–Kier alpha value is -3.13. The number of aromatic hydroxyl groups is 1. The average molecular weight is 537 g/mol. The van der Waals surface area contributed by atoms with Crippen molar-refractivity contribution in [2.45, 2.75) is 36.6 Å². The molecule has 2 aromatic rings. The van der Waals surface area contributed by atoms with E-state index in [1.165, 1.54) is 20.3 Å². The van der Waals surface area contributed by atoms with E-state index < -0.39 is 67.6 Å². The van der Waals surface area contributed by atoms with E-state index >= 15 is 0 Å². The van der Waals surface area contributed by atoms with Crippen LogP contribution in [0.3, 0.4) is 0 Å². The van der Waals surface area contributed by atoms with Crippen LogP contribution in [0, 0.1) is 11.8 Å². The van der Waals surface area contributed by atoms with E-state index in [0.29, 0.717) is 11.1 Å². The van der Waals surface area contributed by atoms with Crippen LogP contribution in [-0.2, 0) is 14.3 Å². The summed E-state index contributed by atoms with van der Waals surface area (Å²) in [5, 5.41) is 59.9. The maximum Gasteiger partial charge on any atom is 0.311 e. The van der Waals surface area contributed by atoms with Gasteiger partial charge in [-0.25, -0.2) is 0 Å². The van der Waals surface area contributed by atoms with Gasteiger partial charge in [0.05, 0.1) is 40.0 Å². The highest BCUT2D eigenvalue weighted by Crippen LogP contribution is 2.44. The quantitative estimate of drug-likeness (QED) is 0.226. The molecule has 0 amide bonds. The van der Waals surface area contributed by atoms with Gasteiger partial charge in [-0.1, -0.05) is 12.1 Å². The van der Waals surface area contributed by atoms with Gasteiger partial charge in [-0.15, -0.1) is 0 Å². The fourth-order valence-corrected chi connectivity index (χ4v) is 4.95. The molecular formula is C26H32O12. The molecule has 0 radical (unpaired) electrons. The molecule has 0 aliphatic carbocycles. The summed E-state index contributed by atoms with van der Waals surface area (Å²) < 4.78 is 27.2. The van der Waals surface area contributed by atoms with Crippen LogP contribution in [-0.4, -0.2) is 101 Å². The van der Waals surface area contributed by atoms with E-state index in [1.54, 1.807) is 30.3 Å². The molecule has 0 bridgehead atoms. The summed E-state index contributed by atoms with van der Waals surface area (Å²) in [6.45, 7) is -0.957. The van der Waals surface area contributed by atoms with Gasteiger partial charge in [0.1, 0.15) is 24.4 Å². The number of methoxy groups -OCH3 is 2. The van der Waals surface area contributed by atoms with Crippen molar-refractivity contribution in [2.24, 2.45) is 11.8 Å². The summed E-state index contributed by atoms with van der Waals surface area (Å²) in [4.78, 5) is 12.3. The minimum Gasteiger partial charge on any atom is -0.504 e. The van der Waals surface area contributed by atoms with Gasteiger partial charge in [-0.3, -0.25) is 4.79 Å². The number of phenolic OH excluding ortho intramolecular Hbond substituents is 1. The highest BCUT2D eigenvalue weighted by Gasteiger charge is 2.45. The third-order valence-corrected chi connectivity index (χ3v) is 7.06. The minimum absolute atomic E-state index is 0.0589. The zero-order chi connectivity index (χ0) is 27.6. The molecule has 6 N–H and O–H groups in total. The Bertz CT molecular complexity index is 1120. The Kier molecular flexibility index (Phi) is 8.61. The fourth-order valence-electron chi connectivity index (χ4n) is 4.95. The van der Waals surface area contributed by atoms with Gasteiger partial charge in [0.25, 0.3) is 0 Å².